The lowest BCUT2D eigenvalue weighted by atomic mass is 10.1. The van der Waals surface area contributed by atoms with E-state index in [-0.39, 0.29) is 1.43 Å². The average molecular weight is 158 g/mol. The summed E-state index contributed by atoms with van der Waals surface area (Å²) in [6.07, 6.45) is 3.85. The van der Waals surface area contributed by atoms with Gasteiger partial charge < -0.3 is 5.73 Å². The molecular formula is C9H22N2. The maximum Gasteiger partial charge on any atom is 0.0167 e. The Morgan fingerprint density at radius 1 is 1.45 bits per heavy atom. The monoisotopic (exact) mass is 158 g/mol. The fourth-order valence-corrected chi connectivity index (χ4v) is 1.67. The zero-order chi connectivity index (χ0) is 8.27. The van der Waals surface area contributed by atoms with Crippen LogP contribution in [-0.2, 0) is 0 Å². The molecule has 0 spiro atoms. The molecule has 2 nitrogen and oxygen atoms in total. The number of nitrogens with zero attached hydrogens (tertiary/aromatic N) is 1. The Hall–Kier alpha value is -0.0800. The van der Waals surface area contributed by atoms with Crippen LogP contribution in [0.1, 0.15) is 34.5 Å². The smallest absolute Gasteiger partial charge is 0.0167 e. The van der Waals surface area contributed by atoms with Gasteiger partial charge in [-0.2, -0.15) is 0 Å². The van der Waals surface area contributed by atoms with Gasteiger partial charge in [-0.15, -0.1) is 0 Å². The van der Waals surface area contributed by atoms with Gasteiger partial charge in [0.05, 0.1) is 0 Å². The first kappa shape index (κ1) is 9.01. The number of hydrogen-bond donors (Lipinski definition) is 1. The van der Waals surface area contributed by atoms with Gasteiger partial charge in [0.15, 0.2) is 0 Å². The number of likely N-dealkylation sites (tertiary alicyclic amines) is 1. The molecule has 2 heteroatoms. The molecule has 0 aromatic heterocycles. The molecule has 0 amide bonds. The SMILES string of the molecule is CC(C)N1CCCC[C@H](N)C1.[HH]. The van der Waals surface area contributed by atoms with Gasteiger partial charge in [-0.3, -0.25) is 4.90 Å². The van der Waals surface area contributed by atoms with Crippen molar-refractivity contribution in [2.24, 2.45) is 5.73 Å². The van der Waals surface area contributed by atoms with Gasteiger partial charge in [0.2, 0.25) is 0 Å². The first-order valence-corrected chi connectivity index (χ1v) is 4.70. The summed E-state index contributed by atoms with van der Waals surface area (Å²) in [6, 6.07) is 1.08. The molecule has 0 unspecified atom stereocenters. The van der Waals surface area contributed by atoms with E-state index in [0.717, 1.165) is 6.54 Å². The third kappa shape index (κ3) is 2.80. The Morgan fingerprint density at radius 3 is 2.82 bits per heavy atom. The largest absolute Gasteiger partial charge is 0.327 e. The van der Waals surface area contributed by atoms with Crippen molar-refractivity contribution in [3.05, 3.63) is 0 Å². The van der Waals surface area contributed by atoms with Crippen molar-refractivity contribution in [1.29, 1.82) is 0 Å². The van der Waals surface area contributed by atoms with Crippen LogP contribution in [0.15, 0.2) is 0 Å². The van der Waals surface area contributed by atoms with Crippen molar-refractivity contribution in [2.45, 2.75) is 45.2 Å². The van der Waals surface area contributed by atoms with Crippen molar-refractivity contribution in [1.82, 2.24) is 4.90 Å². The summed E-state index contributed by atoms with van der Waals surface area (Å²) in [5.74, 6) is 0. The highest BCUT2D eigenvalue weighted by Gasteiger charge is 2.16. The Kier molecular flexibility index (Phi) is 3.34. The van der Waals surface area contributed by atoms with Crippen molar-refractivity contribution < 1.29 is 1.43 Å². The fourth-order valence-electron chi connectivity index (χ4n) is 1.67. The van der Waals surface area contributed by atoms with E-state index in [1.807, 2.05) is 0 Å². The third-order valence-corrected chi connectivity index (χ3v) is 2.47. The molecule has 0 bridgehead atoms. The summed E-state index contributed by atoms with van der Waals surface area (Å²) in [6.45, 7) is 6.83. The summed E-state index contributed by atoms with van der Waals surface area (Å²) in [5, 5.41) is 0. The predicted molar refractivity (Wildman–Crippen MR) is 50.6 cm³/mol. The fraction of sp³-hybridized carbons (Fsp3) is 1.00. The quantitative estimate of drug-likeness (QED) is 0.626. The van der Waals surface area contributed by atoms with E-state index in [9.17, 15) is 0 Å². The molecule has 1 saturated heterocycles. The topological polar surface area (TPSA) is 29.3 Å². The van der Waals surface area contributed by atoms with Crippen molar-refractivity contribution in [3.8, 4) is 0 Å². The van der Waals surface area contributed by atoms with Crippen molar-refractivity contribution in [3.63, 3.8) is 0 Å². The molecule has 1 fully saturated rings. The lowest BCUT2D eigenvalue weighted by Crippen LogP contribution is -2.39. The second-order valence-electron chi connectivity index (χ2n) is 3.84. The Labute approximate surface area is 71.2 Å². The molecule has 0 aliphatic carbocycles. The molecule has 0 aromatic rings. The number of rotatable bonds is 1. The van der Waals surface area contributed by atoms with Gasteiger partial charge in [-0.1, -0.05) is 6.42 Å². The number of nitrogens with two attached hydrogens (primary N) is 1. The zero-order valence-electron chi connectivity index (χ0n) is 7.71. The van der Waals surface area contributed by atoms with Gasteiger partial charge in [0.1, 0.15) is 0 Å². The Balaban J connectivity index is 0.00000121. The molecule has 1 aliphatic heterocycles. The van der Waals surface area contributed by atoms with Crippen LogP contribution < -0.4 is 5.73 Å². The summed E-state index contributed by atoms with van der Waals surface area (Å²) >= 11 is 0. The highest BCUT2D eigenvalue weighted by atomic mass is 15.2. The highest BCUT2D eigenvalue weighted by Crippen LogP contribution is 2.11. The minimum Gasteiger partial charge on any atom is -0.327 e. The van der Waals surface area contributed by atoms with Gasteiger partial charge in [-0.25, -0.2) is 0 Å². The van der Waals surface area contributed by atoms with E-state index >= 15 is 0 Å². The standard InChI is InChI=1S/C9H20N2.H2/c1-8(2)11-6-4-3-5-9(10)7-11;/h8-9H,3-7,10H2,1-2H3;1H/t9-;/m0./s1. The molecule has 0 aromatic carbocycles. The molecule has 1 atom stereocenters. The molecule has 1 aliphatic rings. The molecule has 68 valence electrons. The minimum absolute atomic E-state index is 0. The van der Waals surface area contributed by atoms with E-state index in [4.69, 9.17) is 5.73 Å². The van der Waals surface area contributed by atoms with Crippen LogP contribution in [-0.4, -0.2) is 30.1 Å². The van der Waals surface area contributed by atoms with E-state index in [1.165, 1.54) is 25.8 Å². The van der Waals surface area contributed by atoms with E-state index in [2.05, 4.69) is 18.7 Å². The van der Waals surface area contributed by atoms with Crippen LogP contribution in [0.25, 0.3) is 0 Å². The first-order chi connectivity index (χ1) is 5.20. The van der Waals surface area contributed by atoms with Crippen LogP contribution in [0.2, 0.25) is 0 Å². The zero-order valence-corrected chi connectivity index (χ0v) is 7.71. The van der Waals surface area contributed by atoms with Gasteiger partial charge in [0, 0.05) is 20.1 Å². The maximum absolute atomic E-state index is 5.92. The Morgan fingerprint density at radius 2 is 2.18 bits per heavy atom. The Bertz CT molecular complexity index is 117. The first-order valence-electron chi connectivity index (χ1n) is 4.70. The third-order valence-electron chi connectivity index (χ3n) is 2.47. The van der Waals surface area contributed by atoms with Crippen LogP contribution in [0.5, 0.6) is 0 Å². The normalized spacial score (nSPS) is 28.9. The van der Waals surface area contributed by atoms with Gasteiger partial charge in [0.25, 0.3) is 0 Å². The van der Waals surface area contributed by atoms with Crippen LogP contribution in [0, 0.1) is 0 Å². The second-order valence-corrected chi connectivity index (χ2v) is 3.84. The number of hydrogen-bond acceptors (Lipinski definition) is 2. The molecular weight excluding hydrogens is 136 g/mol. The molecule has 2 N–H and O–H groups in total. The average Bonchev–Trinajstić information content (AvgIpc) is 2.13. The van der Waals surface area contributed by atoms with Gasteiger partial charge in [-0.05, 0) is 33.2 Å². The van der Waals surface area contributed by atoms with Gasteiger partial charge >= 0.3 is 0 Å². The summed E-state index contributed by atoms with van der Waals surface area (Å²) in [5.41, 5.74) is 5.92. The molecule has 11 heavy (non-hydrogen) atoms. The summed E-state index contributed by atoms with van der Waals surface area (Å²) < 4.78 is 0. The molecule has 1 heterocycles. The maximum atomic E-state index is 5.92. The molecule has 0 saturated carbocycles. The van der Waals surface area contributed by atoms with Crippen LogP contribution in [0.4, 0.5) is 0 Å². The summed E-state index contributed by atoms with van der Waals surface area (Å²) in [7, 11) is 0. The van der Waals surface area contributed by atoms with E-state index in [1.54, 1.807) is 0 Å². The van der Waals surface area contributed by atoms with Crippen LogP contribution >= 0.6 is 0 Å². The lowest BCUT2D eigenvalue weighted by Gasteiger charge is -2.26. The molecule has 1 rings (SSSR count). The van der Waals surface area contributed by atoms with Crippen molar-refractivity contribution >= 4 is 0 Å². The molecule has 0 radical (unpaired) electrons. The van der Waals surface area contributed by atoms with E-state index < -0.39 is 0 Å². The lowest BCUT2D eigenvalue weighted by molar-refractivity contribution is 0.221. The second kappa shape index (κ2) is 4.07. The van der Waals surface area contributed by atoms with E-state index in [0.29, 0.717) is 12.1 Å². The van der Waals surface area contributed by atoms with Crippen LogP contribution in [0.3, 0.4) is 0 Å². The highest BCUT2D eigenvalue weighted by molar-refractivity contribution is 4.74. The summed E-state index contributed by atoms with van der Waals surface area (Å²) in [4.78, 5) is 2.48. The minimum atomic E-state index is 0. The predicted octanol–water partition coefficient (Wildman–Crippen LogP) is 1.45. The van der Waals surface area contributed by atoms with Crippen molar-refractivity contribution in [2.75, 3.05) is 13.1 Å².